The lowest BCUT2D eigenvalue weighted by molar-refractivity contribution is -0.0549. The van der Waals surface area contributed by atoms with E-state index in [9.17, 15) is 44.7 Å². The van der Waals surface area contributed by atoms with E-state index in [4.69, 9.17) is 41.0 Å². The molecule has 3 aliphatic heterocycles. The van der Waals surface area contributed by atoms with Gasteiger partial charge in [-0.15, -0.1) is 0 Å². The van der Waals surface area contributed by atoms with Crippen molar-refractivity contribution in [3.05, 3.63) is 78.1 Å². The zero-order valence-corrected chi connectivity index (χ0v) is 26.9. The first-order chi connectivity index (χ1) is 24.1. The number of aliphatic hydroxyl groups is 8. The van der Waals surface area contributed by atoms with E-state index in [1.165, 1.54) is 35.3 Å². The van der Waals surface area contributed by atoms with Crippen LogP contribution in [-0.2, 0) is 14.2 Å². The zero-order chi connectivity index (χ0) is 37.7. The number of nitrogens with zero attached hydrogens (tertiary/aromatic N) is 5. The minimum absolute atomic E-state index is 0.0537. The first kappa shape index (κ1) is 39.4. The van der Waals surface area contributed by atoms with Gasteiger partial charge in [0, 0.05) is 30.6 Å². The number of nitrogens with two attached hydrogens (primary N) is 2. The third kappa shape index (κ3) is 8.74. The highest BCUT2D eigenvalue weighted by Crippen LogP contribution is 2.29. The van der Waals surface area contributed by atoms with Crippen LogP contribution in [0.5, 0.6) is 0 Å². The summed E-state index contributed by atoms with van der Waals surface area (Å²) in [5, 5.41) is 74.8. The SMILES string of the molecule is Cc1cn([C@H]2C[C@H](O)[C@@H](CO)O2)c(=O)[nH]c1=O.Nc1ccn([C@@H]2O[C@H](CO)[C@@H](O)[C@H]2O)c(=O)n1.Nc1ccn([C@@H]2O[C@H](CO)[C@@H](O)[C@H]2O)c(=O)n1. The summed E-state index contributed by atoms with van der Waals surface area (Å²) in [5.41, 5.74) is 8.62. The van der Waals surface area contributed by atoms with Gasteiger partial charge in [-0.2, -0.15) is 9.97 Å². The molecule has 3 saturated heterocycles. The molecule has 3 fully saturated rings. The molecule has 282 valence electrons. The van der Waals surface area contributed by atoms with Crippen LogP contribution in [0.4, 0.5) is 11.6 Å². The number of aryl methyl sites for hydroxylation is 1. The molecule has 51 heavy (non-hydrogen) atoms. The Hall–Kier alpha value is -4.40. The Kier molecular flexibility index (Phi) is 12.9. The first-order valence-corrected chi connectivity index (χ1v) is 15.3. The molecule has 0 aliphatic carbocycles. The number of nitrogen functional groups attached to an aromatic ring is 2. The fraction of sp³-hybridized carbons (Fsp3) is 0.571. The number of aromatic nitrogens is 6. The third-order valence-electron chi connectivity index (χ3n) is 8.13. The van der Waals surface area contributed by atoms with Gasteiger partial charge in [-0.25, -0.2) is 14.4 Å². The van der Waals surface area contributed by atoms with Crippen LogP contribution < -0.4 is 34.1 Å². The fourth-order valence-electron chi connectivity index (χ4n) is 5.31. The lowest BCUT2D eigenvalue weighted by Gasteiger charge is -2.16. The van der Waals surface area contributed by atoms with E-state index in [-0.39, 0.29) is 24.7 Å². The van der Waals surface area contributed by atoms with Crippen molar-refractivity contribution in [2.75, 3.05) is 31.3 Å². The average Bonchev–Trinajstić information content (AvgIpc) is 3.71. The second-order valence-corrected chi connectivity index (χ2v) is 11.6. The van der Waals surface area contributed by atoms with E-state index >= 15 is 0 Å². The summed E-state index contributed by atoms with van der Waals surface area (Å²) in [7, 11) is 0. The van der Waals surface area contributed by atoms with Gasteiger partial charge in [0.05, 0.1) is 25.9 Å². The van der Waals surface area contributed by atoms with Crippen LogP contribution in [0.15, 0.2) is 49.9 Å². The van der Waals surface area contributed by atoms with Gasteiger partial charge in [0.15, 0.2) is 12.5 Å². The summed E-state index contributed by atoms with van der Waals surface area (Å²) in [4.78, 5) is 54.9. The van der Waals surface area contributed by atoms with Crippen molar-refractivity contribution in [2.24, 2.45) is 0 Å². The van der Waals surface area contributed by atoms with Gasteiger partial charge >= 0.3 is 17.1 Å². The van der Waals surface area contributed by atoms with E-state index in [1.807, 2.05) is 0 Å². The van der Waals surface area contributed by atoms with Gasteiger partial charge in [-0.1, -0.05) is 0 Å². The molecule has 3 aromatic rings. The van der Waals surface area contributed by atoms with Crippen molar-refractivity contribution < 1.29 is 55.1 Å². The number of anilines is 2. The first-order valence-electron chi connectivity index (χ1n) is 15.3. The molecule has 3 aliphatic rings. The van der Waals surface area contributed by atoms with E-state index in [0.717, 1.165) is 9.13 Å². The van der Waals surface area contributed by atoms with Crippen molar-refractivity contribution in [2.45, 2.75) is 80.9 Å². The number of rotatable bonds is 6. The number of hydrogen-bond donors (Lipinski definition) is 11. The quantitative estimate of drug-likeness (QED) is 0.112. The Bertz CT molecular complexity index is 1780. The summed E-state index contributed by atoms with van der Waals surface area (Å²) < 4.78 is 18.9. The van der Waals surface area contributed by atoms with Gasteiger partial charge in [0.25, 0.3) is 5.56 Å². The van der Waals surface area contributed by atoms with Crippen LogP contribution in [0.25, 0.3) is 0 Å². The average molecular weight is 729 g/mol. The molecular formula is C28H40N8O15. The molecule has 23 nitrogen and oxygen atoms in total. The molecule has 0 amide bonds. The summed E-state index contributed by atoms with van der Waals surface area (Å²) in [6.45, 7) is 0.357. The number of aromatic amines is 1. The number of ether oxygens (including phenoxy) is 3. The van der Waals surface area contributed by atoms with E-state index in [1.54, 1.807) is 6.92 Å². The highest BCUT2D eigenvalue weighted by atomic mass is 16.6. The van der Waals surface area contributed by atoms with Crippen molar-refractivity contribution in [1.82, 2.24) is 28.7 Å². The molecule has 0 unspecified atom stereocenters. The molecule has 6 heterocycles. The second-order valence-electron chi connectivity index (χ2n) is 11.6. The summed E-state index contributed by atoms with van der Waals surface area (Å²) >= 11 is 0. The summed E-state index contributed by atoms with van der Waals surface area (Å²) in [6.07, 6.45) is -7.11. The monoisotopic (exact) mass is 728 g/mol. The predicted molar refractivity (Wildman–Crippen MR) is 170 cm³/mol. The maximum absolute atomic E-state index is 11.6. The lowest BCUT2D eigenvalue weighted by atomic mass is 10.1. The molecule has 3 aromatic heterocycles. The van der Waals surface area contributed by atoms with Crippen molar-refractivity contribution in [3.8, 4) is 0 Å². The van der Waals surface area contributed by atoms with Crippen LogP contribution in [0.2, 0.25) is 0 Å². The Morgan fingerprint density at radius 2 is 1.18 bits per heavy atom. The van der Waals surface area contributed by atoms with Crippen LogP contribution in [0.1, 0.15) is 30.7 Å². The van der Waals surface area contributed by atoms with Crippen molar-refractivity contribution in [3.63, 3.8) is 0 Å². The minimum Gasteiger partial charge on any atom is -0.394 e. The smallest absolute Gasteiger partial charge is 0.351 e. The van der Waals surface area contributed by atoms with Gasteiger partial charge in [0.1, 0.15) is 60.6 Å². The van der Waals surface area contributed by atoms with Gasteiger partial charge in [-0.05, 0) is 19.1 Å². The van der Waals surface area contributed by atoms with E-state index in [0.29, 0.717) is 5.56 Å². The topological polar surface area (TPSA) is 366 Å². The molecule has 0 spiro atoms. The highest BCUT2D eigenvalue weighted by molar-refractivity contribution is 5.24. The van der Waals surface area contributed by atoms with Crippen LogP contribution >= 0.6 is 0 Å². The number of nitrogens with one attached hydrogen (secondary N) is 1. The molecule has 23 heteroatoms. The normalized spacial score (nSPS) is 31.4. The van der Waals surface area contributed by atoms with E-state index in [2.05, 4.69) is 15.0 Å². The molecule has 6 rings (SSSR count). The van der Waals surface area contributed by atoms with Gasteiger partial charge in [-0.3, -0.25) is 23.5 Å². The van der Waals surface area contributed by atoms with Crippen molar-refractivity contribution in [1.29, 1.82) is 0 Å². The summed E-state index contributed by atoms with van der Waals surface area (Å²) in [6, 6.07) is 2.74. The largest absolute Gasteiger partial charge is 0.394 e. The Balaban J connectivity index is 0.000000172. The second kappa shape index (κ2) is 16.7. The summed E-state index contributed by atoms with van der Waals surface area (Å²) in [5.74, 6) is 0.107. The number of hydrogen-bond acceptors (Lipinski definition) is 19. The van der Waals surface area contributed by atoms with Crippen LogP contribution in [-0.4, -0.2) is 138 Å². The lowest BCUT2D eigenvalue weighted by Crippen LogP contribution is -2.36. The van der Waals surface area contributed by atoms with Gasteiger partial charge < -0.3 is 66.5 Å². The number of H-pyrrole nitrogens is 1. The fourth-order valence-corrected chi connectivity index (χ4v) is 5.31. The predicted octanol–water partition coefficient (Wildman–Crippen LogP) is -6.64. The van der Waals surface area contributed by atoms with Crippen LogP contribution in [0.3, 0.4) is 0 Å². The molecule has 0 aromatic carbocycles. The van der Waals surface area contributed by atoms with E-state index < -0.39 is 103 Å². The molecule has 0 bridgehead atoms. The Morgan fingerprint density at radius 3 is 1.55 bits per heavy atom. The molecule has 11 atom stereocenters. The standard InChI is InChI=1S/C10H14N2O5.2C9H13N3O5/c1-5-3-12(10(16)11-9(5)15)8-2-6(14)7(4-13)17-8;2*10-5-1-2-12(9(16)11-5)8-7(15)6(14)4(3-13)17-8/h3,6-8,13-14H,2,4H2,1H3,(H,11,15,16);2*1-2,4,6-8,13-15H,3H2,(H2,10,11,16)/t6-,7+,8+;2*4-,6-,7-,8-/m011/s1. The van der Waals surface area contributed by atoms with Crippen molar-refractivity contribution >= 4 is 11.6 Å². The van der Waals surface area contributed by atoms with Crippen LogP contribution in [0, 0.1) is 6.92 Å². The Morgan fingerprint density at radius 1 is 0.725 bits per heavy atom. The number of aliphatic hydroxyl groups excluding tert-OH is 8. The Labute approximate surface area is 285 Å². The maximum Gasteiger partial charge on any atom is 0.351 e. The molecule has 0 saturated carbocycles. The maximum atomic E-state index is 11.6. The third-order valence-corrected chi connectivity index (χ3v) is 8.13. The highest BCUT2D eigenvalue weighted by Gasteiger charge is 2.44. The molecule has 0 radical (unpaired) electrons. The molecular weight excluding hydrogens is 688 g/mol. The molecule has 13 N–H and O–H groups in total. The zero-order valence-electron chi connectivity index (χ0n) is 26.9. The minimum atomic E-state index is -1.31. The van der Waals surface area contributed by atoms with Gasteiger partial charge in [0.2, 0.25) is 0 Å².